The monoisotopic (exact) mass is 508 g/mol. The minimum Gasteiger partial charge on any atom is -0.383 e. The molecule has 0 amide bonds. The predicted molar refractivity (Wildman–Crippen MR) is 129 cm³/mol. The van der Waals surface area contributed by atoms with Crippen LogP contribution in [0.25, 0.3) is 0 Å². The van der Waals surface area contributed by atoms with Crippen molar-refractivity contribution in [1.82, 2.24) is 9.55 Å². The lowest BCUT2D eigenvalue weighted by Crippen LogP contribution is -2.42. The third kappa shape index (κ3) is 7.21. The summed E-state index contributed by atoms with van der Waals surface area (Å²) in [6.45, 7) is 2.55. The number of hydrogen-bond donors (Lipinski definition) is 5. The molecule has 0 spiro atoms. The van der Waals surface area contributed by atoms with Crippen LogP contribution in [0.15, 0.2) is 15.8 Å². The third-order valence-electron chi connectivity index (χ3n) is 6.05. The van der Waals surface area contributed by atoms with Crippen molar-refractivity contribution in [1.29, 1.82) is 0 Å². The van der Waals surface area contributed by atoms with Gasteiger partial charge in [0.15, 0.2) is 0 Å². The Hall–Kier alpha value is -1.06. The fraction of sp³-hybridized carbons (Fsp3) is 0.800. The molecule has 7 N–H and O–H groups in total. The van der Waals surface area contributed by atoms with Gasteiger partial charge in [-0.2, -0.15) is 0 Å². The summed E-state index contributed by atoms with van der Waals surface area (Å²) in [6, 6.07) is 0. The molecule has 0 saturated carbocycles. The Bertz CT molecular complexity index is 938. The summed E-state index contributed by atoms with van der Waals surface area (Å²) in [5.74, 6) is -1.51. The van der Waals surface area contributed by atoms with Crippen LogP contribution in [-0.2, 0) is 13.9 Å². The minimum atomic E-state index is -2.72. The van der Waals surface area contributed by atoms with E-state index in [4.69, 9.17) is 16.2 Å². The van der Waals surface area contributed by atoms with E-state index in [1.54, 1.807) is 0 Å². The van der Waals surface area contributed by atoms with Gasteiger partial charge in [-0.25, -0.2) is 4.79 Å². The zero-order valence-electron chi connectivity index (χ0n) is 19.1. The van der Waals surface area contributed by atoms with E-state index in [9.17, 15) is 28.9 Å². The predicted octanol–water partition coefficient (Wildman–Crippen LogP) is 0.517. The number of nitrogens with one attached hydrogen (secondary N) is 1. The average molecular weight is 508 g/mol. The van der Waals surface area contributed by atoms with Crippen LogP contribution >= 0.6 is 15.6 Å². The third-order valence-corrected chi connectivity index (χ3v) is 10.1. The van der Waals surface area contributed by atoms with Crippen molar-refractivity contribution < 1.29 is 24.1 Å². The molecule has 0 aliphatic carbocycles. The van der Waals surface area contributed by atoms with E-state index < -0.39 is 50.4 Å². The van der Waals surface area contributed by atoms with Gasteiger partial charge in [-0.3, -0.25) is 14.3 Å². The first-order valence-electron chi connectivity index (χ1n) is 11.5. The summed E-state index contributed by atoms with van der Waals surface area (Å²) in [6.07, 6.45) is 3.35. The lowest BCUT2D eigenvalue weighted by atomic mass is 10.1. The highest BCUT2D eigenvalue weighted by molar-refractivity contribution is 7.47. The van der Waals surface area contributed by atoms with Crippen LogP contribution in [0.1, 0.15) is 56.7 Å². The molecule has 190 valence electrons. The molecule has 3 unspecified atom stereocenters. The van der Waals surface area contributed by atoms with Crippen LogP contribution in [-0.4, -0.2) is 62.5 Å². The highest BCUT2D eigenvalue weighted by Gasteiger charge is 2.55. The molecule has 0 aromatic carbocycles. The van der Waals surface area contributed by atoms with Gasteiger partial charge in [0.05, 0.1) is 0 Å². The molecule has 1 fully saturated rings. The topological polar surface area (TPSA) is 191 Å². The molecular formula is C20H38N4O7P2. The van der Waals surface area contributed by atoms with Gasteiger partial charge in [0, 0.05) is 30.5 Å². The number of aliphatic hydroxyl groups excluding tert-OH is 1. The van der Waals surface area contributed by atoms with E-state index >= 15 is 0 Å². The van der Waals surface area contributed by atoms with Gasteiger partial charge >= 0.3 is 5.69 Å². The first-order chi connectivity index (χ1) is 15.7. The molecule has 1 aliphatic heterocycles. The fourth-order valence-corrected chi connectivity index (χ4v) is 7.75. The Morgan fingerprint density at radius 3 is 2.36 bits per heavy atom. The molecular weight excluding hydrogens is 470 g/mol. The van der Waals surface area contributed by atoms with E-state index in [-0.39, 0.29) is 24.3 Å². The Morgan fingerprint density at radius 1 is 1.15 bits per heavy atom. The molecule has 13 heteroatoms. The van der Waals surface area contributed by atoms with Gasteiger partial charge in [0.2, 0.25) is 0 Å². The number of aliphatic hydroxyl groups is 2. The number of aromatic amines is 1. The number of aryl methyl sites for hydroxylation is 1. The van der Waals surface area contributed by atoms with Crippen LogP contribution in [0.4, 0.5) is 0 Å². The van der Waals surface area contributed by atoms with Crippen molar-refractivity contribution in [2.45, 2.75) is 75.4 Å². The van der Waals surface area contributed by atoms with Crippen LogP contribution in [0, 0.1) is 6.92 Å². The molecule has 6 atom stereocenters. The van der Waals surface area contributed by atoms with Crippen LogP contribution in [0.5, 0.6) is 0 Å². The number of nitrogens with zero attached hydrogens (tertiary/aromatic N) is 1. The normalized spacial score (nSPS) is 25.7. The Morgan fingerprint density at radius 2 is 1.76 bits per heavy atom. The average Bonchev–Trinajstić information content (AvgIpc) is 3.14. The first-order valence-corrected chi connectivity index (χ1v) is 14.8. The van der Waals surface area contributed by atoms with E-state index in [1.807, 2.05) is 0 Å². The van der Waals surface area contributed by atoms with E-state index in [1.165, 1.54) is 13.1 Å². The quantitative estimate of drug-likeness (QED) is 0.176. The van der Waals surface area contributed by atoms with Crippen LogP contribution in [0.2, 0.25) is 0 Å². The number of ether oxygens (including phenoxy) is 1. The number of rotatable bonds is 14. The molecule has 0 radical (unpaired) electrons. The Kier molecular flexibility index (Phi) is 11.2. The second-order valence-corrected chi connectivity index (χ2v) is 12.9. The lowest BCUT2D eigenvalue weighted by molar-refractivity contribution is -0.0684. The number of hydrogen-bond acceptors (Lipinski definition) is 9. The molecule has 2 heterocycles. The molecule has 1 aliphatic rings. The summed E-state index contributed by atoms with van der Waals surface area (Å²) in [4.78, 5) is 26.3. The number of H-pyrrole nitrogens is 1. The van der Waals surface area contributed by atoms with Crippen LogP contribution in [0.3, 0.4) is 0 Å². The SMILES string of the molecule is Cc1cn([C@H]2C[C@@](O)([PH](=O)CCCCCN)[C@@H](C(O)[PH](=O)CCCCCN)O2)c(=O)[nH]c1=O. The van der Waals surface area contributed by atoms with Gasteiger partial charge in [-0.1, -0.05) is 12.8 Å². The van der Waals surface area contributed by atoms with Crippen molar-refractivity contribution in [2.75, 3.05) is 25.4 Å². The summed E-state index contributed by atoms with van der Waals surface area (Å²) in [5, 5.41) is 20.4. The highest BCUT2D eigenvalue weighted by Crippen LogP contribution is 2.55. The zero-order valence-corrected chi connectivity index (χ0v) is 21.1. The summed E-state index contributed by atoms with van der Waals surface area (Å²) >= 11 is 0. The fourth-order valence-electron chi connectivity index (χ4n) is 4.04. The maximum Gasteiger partial charge on any atom is 0.330 e. The van der Waals surface area contributed by atoms with Crippen molar-refractivity contribution in [2.24, 2.45) is 11.5 Å². The van der Waals surface area contributed by atoms with Crippen molar-refractivity contribution >= 4 is 15.6 Å². The van der Waals surface area contributed by atoms with Gasteiger partial charge in [-0.15, -0.1) is 0 Å². The molecule has 1 aromatic rings. The lowest BCUT2D eigenvalue weighted by Gasteiger charge is -2.30. The van der Waals surface area contributed by atoms with Gasteiger partial charge in [0.25, 0.3) is 5.56 Å². The number of aromatic nitrogens is 2. The smallest absolute Gasteiger partial charge is 0.330 e. The van der Waals surface area contributed by atoms with E-state index in [0.29, 0.717) is 25.9 Å². The summed E-state index contributed by atoms with van der Waals surface area (Å²) in [5.41, 5.74) is 9.94. The highest BCUT2D eigenvalue weighted by atomic mass is 31.1. The van der Waals surface area contributed by atoms with Crippen molar-refractivity contribution in [3.05, 3.63) is 32.6 Å². The van der Waals surface area contributed by atoms with E-state index in [2.05, 4.69) is 4.98 Å². The largest absolute Gasteiger partial charge is 0.383 e. The molecule has 0 bridgehead atoms. The van der Waals surface area contributed by atoms with Crippen LogP contribution < -0.4 is 22.7 Å². The van der Waals surface area contributed by atoms with Gasteiger partial charge in [0.1, 0.15) is 39.1 Å². The molecule has 1 saturated heterocycles. The Labute approximate surface area is 194 Å². The van der Waals surface area contributed by atoms with Crippen molar-refractivity contribution in [3.8, 4) is 0 Å². The number of unbranched alkanes of at least 4 members (excludes halogenated alkanes) is 4. The van der Waals surface area contributed by atoms with Crippen molar-refractivity contribution in [3.63, 3.8) is 0 Å². The maximum atomic E-state index is 13.2. The molecule has 2 rings (SSSR count). The second kappa shape index (κ2) is 13.1. The standard InChI is InChI=1S/C20H38N4O7P2/c1-14-13-24(19(27)23-17(14)25)15-12-20(28,33(30)11-7-3-5-9-22)16(31-15)18(26)32(29)10-6-2-4-8-21/h13,15-16,18,26,28,32-33H,2-12,21-22H2,1H3,(H,23,25,27)/t15-,16-,18?,20-/m1/s1. The molecule has 33 heavy (non-hydrogen) atoms. The molecule has 1 aromatic heterocycles. The molecule has 11 nitrogen and oxygen atoms in total. The Balaban J connectivity index is 2.27. The summed E-state index contributed by atoms with van der Waals surface area (Å²) in [7, 11) is -5.31. The van der Waals surface area contributed by atoms with E-state index in [0.717, 1.165) is 30.3 Å². The zero-order chi connectivity index (χ0) is 24.6. The maximum absolute atomic E-state index is 13.2. The van der Waals surface area contributed by atoms with Gasteiger partial charge in [-0.05, 0) is 45.7 Å². The second-order valence-electron chi connectivity index (χ2n) is 8.65. The number of nitrogens with two attached hydrogens (primary N) is 2. The first kappa shape index (κ1) is 28.2. The summed E-state index contributed by atoms with van der Waals surface area (Å²) < 4.78 is 33.0. The van der Waals surface area contributed by atoms with Gasteiger partial charge < -0.3 is 35.5 Å². The minimum absolute atomic E-state index is 0.220.